The number of phosphoric acid groups is 1. The number of carbonyl (C=O) groups excluding carboxylic acids is 1. The molecule has 8 nitrogen and oxygen atoms in total. The number of amides is 1. The van der Waals surface area contributed by atoms with Crippen LogP contribution >= 0.6 is 7.82 Å². The van der Waals surface area contributed by atoms with Crippen molar-refractivity contribution in [2.45, 2.75) is 167 Å². The number of carbonyl (C=O) groups is 1. The summed E-state index contributed by atoms with van der Waals surface area (Å²) in [6.45, 7) is 4.64. The number of unbranched alkanes of at least 4 members (excludes halogenated alkanes) is 17. The average molecular weight is 647 g/mol. The van der Waals surface area contributed by atoms with E-state index in [0.29, 0.717) is 23.9 Å². The van der Waals surface area contributed by atoms with Gasteiger partial charge in [-0.15, -0.1) is 0 Å². The summed E-state index contributed by atoms with van der Waals surface area (Å²) >= 11 is 0. The van der Waals surface area contributed by atoms with Gasteiger partial charge >= 0.3 is 0 Å². The van der Waals surface area contributed by atoms with E-state index in [1.54, 1.807) is 0 Å². The van der Waals surface area contributed by atoms with Gasteiger partial charge in [0.25, 0.3) is 7.82 Å². The van der Waals surface area contributed by atoms with Crippen LogP contribution in [0, 0.1) is 0 Å². The molecule has 0 saturated heterocycles. The van der Waals surface area contributed by atoms with Crippen molar-refractivity contribution in [1.82, 2.24) is 5.32 Å². The topological polar surface area (TPSA) is 108 Å². The lowest BCUT2D eigenvalue weighted by Crippen LogP contribution is -2.46. The molecule has 0 aromatic heterocycles. The zero-order valence-electron chi connectivity index (χ0n) is 29.4. The number of allylic oxidation sites excluding steroid dienone is 2. The Labute approximate surface area is 272 Å². The molecule has 1 unspecified atom stereocenters. The van der Waals surface area contributed by atoms with Crippen LogP contribution in [0.4, 0.5) is 0 Å². The maximum Gasteiger partial charge on any atom is 0.268 e. The van der Waals surface area contributed by atoms with Crippen LogP contribution < -0.4 is 10.2 Å². The van der Waals surface area contributed by atoms with E-state index in [4.69, 9.17) is 9.05 Å². The van der Waals surface area contributed by atoms with Gasteiger partial charge in [-0.25, -0.2) is 0 Å². The predicted molar refractivity (Wildman–Crippen MR) is 182 cm³/mol. The molecule has 0 heterocycles. The number of rotatable bonds is 32. The van der Waals surface area contributed by atoms with Crippen molar-refractivity contribution in [3.8, 4) is 0 Å². The minimum Gasteiger partial charge on any atom is -0.756 e. The number of nitrogens with one attached hydrogen (secondary N) is 1. The zero-order valence-corrected chi connectivity index (χ0v) is 30.3. The molecule has 262 valence electrons. The van der Waals surface area contributed by atoms with Gasteiger partial charge in [-0.1, -0.05) is 122 Å². The minimum absolute atomic E-state index is 0.0115. The Morgan fingerprint density at radius 2 is 1.25 bits per heavy atom. The molecule has 0 saturated carbocycles. The monoisotopic (exact) mass is 647 g/mol. The SMILES string of the molecule is CCCCCC/C=C/CCCCCCCC(=O)N[C@@H](COP(=O)([O-])OCC[N+](C)(C)C)[C@H](O)CCCCCCCCCCC. The lowest BCUT2D eigenvalue weighted by molar-refractivity contribution is -0.870. The first kappa shape index (κ1) is 43.2. The van der Waals surface area contributed by atoms with E-state index < -0.39 is 20.0 Å². The first-order valence-corrected chi connectivity index (χ1v) is 19.5. The molecule has 9 heteroatoms. The normalized spacial score (nSPS) is 15.0. The van der Waals surface area contributed by atoms with Gasteiger partial charge in [0.15, 0.2) is 0 Å². The Bertz CT molecular complexity index is 743. The van der Waals surface area contributed by atoms with Crippen LogP contribution in [-0.2, 0) is 18.4 Å². The summed E-state index contributed by atoms with van der Waals surface area (Å²) in [5, 5.41) is 13.7. The number of nitrogens with zero attached hydrogens (tertiary/aromatic N) is 1. The molecule has 0 aliphatic carbocycles. The Morgan fingerprint density at radius 1 is 0.773 bits per heavy atom. The molecule has 3 atom stereocenters. The molecule has 0 aromatic carbocycles. The lowest BCUT2D eigenvalue weighted by Gasteiger charge is -2.30. The second-order valence-electron chi connectivity index (χ2n) is 13.6. The highest BCUT2D eigenvalue weighted by Crippen LogP contribution is 2.38. The van der Waals surface area contributed by atoms with Gasteiger partial charge in [-0.05, 0) is 38.5 Å². The van der Waals surface area contributed by atoms with Gasteiger partial charge in [-0.2, -0.15) is 0 Å². The van der Waals surface area contributed by atoms with Crippen LogP contribution in [0.1, 0.15) is 155 Å². The van der Waals surface area contributed by atoms with Gasteiger partial charge in [0, 0.05) is 6.42 Å². The number of phosphoric ester groups is 1. The highest BCUT2D eigenvalue weighted by atomic mass is 31.2. The Morgan fingerprint density at radius 3 is 1.80 bits per heavy atom. The van der Waals surface area contributed by atoms with Gasteiger partial charge in [0.05, 0.1) is 39.9 Å². The fourth-order valence-corrected chi connectivity index (χ4v) is 5.75. The maximum atomic E-state index is 12.7. The third kappa shape index (κ3) is 29.9. The predicted octanol–water partition coefficient (Wildman–Crippen LogP) is 8.22. The molecule has 44 heavy (non-hydrogen) atoms. The van der Waals surface area contributed by atoms with E-state index in [9.17, 15) is 19.4 Å². The number of hydrogen-bond acceptors (Lipinski definition) is 6. The summed E-state index contributed by atoms with van der Waals surface area (Å²) in [6, 6.07) is -0.797. The van der Waals surface area contributed by atoms with Crippen LogP contribution in [0.2, 0.25) is 0 Å². The third-order valence-electron chi connectivity index (χ3n) is 8.00. The van der Waals surface area contributed by atoms with E-state index in [1.165, 1.54) is 77.0 Å². The maximum absolute atomic E-state index is 12.7. The van der Waals surface area contributed by atoms with Crippen molar-refractivity contribution in [3.63, 3.8) is 0 Å². The third-order valence-corrected chi connectivity index (χ3v) is 8.97. The van der Waals surface area contributed by atoms with Gasteiger partial charge in [0.1, 0.15) is 13.2 Å². The summed E-state index contributed by atoms with van der Waals surface area (Å²) in [4.78, 5) is 25.1. The van der Waals surface area contributed by atoms with Crippen molar-refractivity contribution < 1.29 is 32.9 Å². The summed E-state index contributed by atoms with van der Waals surface area (Å²) < 4.78 is 23.1. The number of aliphatic hydroxyl groups is 1. The first-order chi connectivity index (χ1) is 21.0. The highest BCUT2D eigenvalue weighted by Gasteiger charge is 2.24. The summed E-state index contributed by atoms with van der Waals surface area (Å²) in [5.41, 5.74) is 0. The molecule has 2 N–H and O–H groups in total. The van der Waals surface area contributed by atoms with E-state index in [0.717, 1.165) is 51.4 Å². The number of aliphatic hydroxyl groups excluding tert-OH is 1. The Balaban J connectivity index is 4.50. The number of hydrogen-bond donors (Lipinski definition) is 2. The van der Waals surface area contributed by atoms with Crippen LogP contribution in [0.3, 0.4) is 0 Å². The lowest BCUT2D eigenvalue weighted by atomic mass is 10.0. The smallest absolute Gasteiger partial charge is 0.268 e. The summed E-state index contributed by atoms with van der Waals surface area (Å²) in [6.07, 6.45) is 27.8. The summed E-state index contributed by atoms with van der Waals surface area (Å²) in [7, 11) is 1.30. The highest BCUT2D eigenvalue weighted by molar-refractivity contribution is 7.45. The molecule has 0 fully saturated rings. The molecule has 0 aromatic rings. The fraction of sp³-hybridized carbons (Fsp3) is 0.914. The second kappa shape index (κ2) is 28.5. The summed E-state index contributed by atoms with van der Waals surface area (Å²) in [5.74, 6) is -0.178. The largest absolute Gasteiger partial charge is 0.756 e. The van der Waals surface area contributed by atoms with Gasteiger partial charge in [-0.3, -0.25) is 9.36 Å². The molecule has 0 radical (unpaired) electrons. The van der Waals surface area contributed by atoms with Crippen molar-refractivity contribution in [3.05, 3.63) is 12.2 Å². The van der Waals surface area contributed by atoms with Crippen LogP contribution in [0.25, 0.3) is 0 Å². The second-order valence-corrected chi connectivity index (χ2v) is 15.0. The van der Waals surface area contributed by atoms with Crippen LogP contribution in [0.5, 0.6) is 0 Å². The molecular formula is C35H71N2O6P. The Hall–Kier alpha value is -0.760. The number of quaternary nitrogens is 1. The van der Waals surface area contributed by atoms with E-state index in [2.05, 4.69) is 31.3 Å². The Kier molecular flexibility index (Phi) is 28.0. The minimum atomic E-state index is -4.55. The molecule has 0 aliphatic heterocycles. The van der Waals surface area contributed by atoms with Crippen molar-refractivity contribution >= 4 is 13.7 Å². The van der Waals surface area contributed by atoms with E-state index in [1.807, 2.05) is 21.1 Å². The van der Waals surface area contributed by atoms with E-state index >= 15 is 0 Å². The molecule has 0 rings (SSSR count). The molecular weight excluding hydrogens is 575 g/mol. The van der Waals surface area contributed by atoms with Crippen molar-refractivity contribution in [2.24, 2.45) is 0 Å². The quantitative estimate of drug-likeness (QED) is 0.0330. The first-order valence-electron chi connectivity index (χ1n) is 18.0. The molecule has 0 bridgehead atoms. The van der Waals surface area contributed by atoms with Crippen molar-refractivity contribution in [1.29, 1.82) is 0 Å². The van der Waals surface area contributed by atoms with Gasteiger partial charge in [0.2, 0.25) is 5.91 Å². The van der Waals surface area contributed by atoms with Gasteiger partial charge < -0.3 is 28.8 Å². The number of likely N-dealkylation sites (N-methyl/N-ethyl adjacent to an activating group) is 1. The standard InChI is InChI=1S/C35H71N2O6P/c1-6-8-10-12-14-16-17-18-19-21-23-25-27-29-35(39)36-33(32-43-44(40,41)42-31-30-37(3,4)5)34(38)28-26-24-22-20-15-13-11-9-7-2/h16-17,33-34,38H,6-15,18-32H2,1-5H3,(H-,36,39,40,41)/b17-16+/t33-,34+/m0/s1. The molecule has 0 aliphatic rings. The fourth-order valence-electron chi connectivity index (χ4n) is 5.03. The van der Waals surface area contributed by atoms with Crippen molar-refractivity contribution in [2.75, 3.05) is 40.9 Å². The van der Waals surface area contributed by atoms with E-state index in [-0.39, 0.29) is 19.1 Å². The zero-order chi connectivity index (χ0) is 32.9. The molecule has 0 spiro atoms. The average Bonchev–Trinajstić information content (AvgIpc) is 2.95. The van der Waals surface area contributed by atoms with Crippen LogP contribution in [0.15, 0.2) is 12.2 Å². The molecule has 1 amide bonds. The van der Waals surface area contributed by atoms with Crippen LogP contribution in [-0.4, -0.2) is 68.5 Å².